The van der Waals surface area contributed by atoms with Crippen molar-refractivity contribution >= 4 is 31.5 Å². The lowest BCUT2D eigenvalue weighted by molar-refractivity contribution is -0.153. The number of ether oxygens (including phenoxy) is 2. The lowest BCUT2D eigenvalue weighted by atomic mass is 10.1. The lowest BCUT2D eigenvalue weighted by Crippen LogP contribution is -2.44. The molecule has 1 aliphatic carbocycles. The molecule has 2 heterocycles. The third-order valence-corrected chi connectivity index (χ3v) is 10.4. The third-order valence-electron chi connectivity index (χ3n) is 6.27. The van der Waals surface area contributed by atoms with Gasteiger partial charge in [-0.25, -0.2) is 16.8 Å². The van der Waals surface area contributed by atoms with Gasteiger partial charge in [-0.3, -0.25) is 13.8 Å². The highest BCUT2D eigenvalue weighted by Crippen LogP contribution is 2.39. The van der Waals surface area contributed by atoms with E-state index in [9.17, 15) is 21.6 Å². The number of fused-ring (bicyclic) bond motifs is 1. The highest BCUT2D eigenvalue weighted by Gasteiger charge is 2.39. The van der Waals surface area contributed by atoms with Crippen LogP contribution in [0.3, 0.4) is 0 Å². The Bertz CT molecular complexity index is 1390. The zero-order valence-electron chi connectivity index (χ0n) is 21.9. The number of aryl methyl sites for hydroxylation is 2. The number of carbonyl (C=O) groups excluding carboxylic acids is 1. The normalized spacial score (nSPS) is 18.3. The molecular formula is C25H35N3O7S2. The summed E-state index contributed by atoms with van der Waals surface area (Å²) in [4.78, 5) is 12.5. The molecule has 1 aromatic carbocycles. The van der Waals surface area contributed by atoms with Crippen molar-refractivity contribution < 1.29 is 31.1 Å². The van der Waals surface area contributed by atoms with E-state index in [4.69, 9.17) is 9.47 Å². The van der Waals surface area contributed by atoms with E-state index in [2.05, 4.69) is 5.10 Å². The van der Waals surface area contributed by atoms with Crippen LogP contribution in [-0.4, -0.2) is 61.8 Å². The molecule has 0 radical (unpaired) electrons. The summed E-state index contributed by atoms with van der Waals surface area (Å²) in [5, 5.41) is 4.00. The van der Waals surface area contributed by atoms with E-state index in [1.165, 1.54) is 10.5 Å². The minimum Gasteiger partial charge on any atom is -0.486 e. The second-order valence-electron chi connectivity index (χ2n) is 10.6. The number of hydrogen-bond donors (Lipinski definition) is 0. The molecule has 2 aliphatic rings. The average molecular weight is 554 g/mol. The van der Waals surface area contributed by atoms with Crippen LogP contribution in [0.4, 0.5) is 5.69 Å². The lowest BCUT2D eigenvalue weighted by Gasteiger charge is -2.35. The number of esters is 1. The molecule has 12 heteroatoms. The molecule has 37 heavy (non-hydrogen) atoms. The fourth-order valence-electron chi connectivity index (χ4n) is 4.31. The maximum absolute atomic E-state index is 13.9. The Balaban J connectivity index is 1.67. The molecule has 0 unspecified atom stereocenters. The zero-order chi connectivity index (χ0) is 27.2. The predicted octanol–water partition coefficient (Wildman–Crippen LogP) is 3.02. The van der Waals surface area contributed by atoms with Gasteiger partial charge < -0.3 is 9.47 Å². The van der Waals surface area contributed by atoms with Crippen LogP contribution in [0.2, 0.25) is 0 Å². The summed E-state index contributed by atoms with van der Waals surface area (Å²) in [5.74, 6) is -0.173. The van der Waals surface area contributed by atoms with Crippen LogP contribution in [0.25, 0.3) is 0 Å². The van der Waals surface area contributed by atoms with Crippen molar-refractivity contribution in [1.82, 2.24) is 9.78 Å². The second kappa shape index (κ2) is 9.94. The van der Waals surface area contributed by atoms with Crippen molar-refractivity contribution in [3.05, 3.63) is 35.7 Å². The van der Waals surface area contributed by atoms with E-state index in [1.54, 1.807) is 50.6 Å². The summed E-state index contributed by atoms with van der Waals surface area (Å²) in [6.45, 7) is 9.30. The van der Waals surface area contributed by atoms with Crippen molar-refractivity contribution in [1.29, 1.82) is 0 Å². The predicted molar refractivity (Wildman–Crippen MR) is 139 cm³/mol. The Morgan fingerprint density at radius 2 is 1.89 bits per heavy atom. The van der Waals surface area contributed by atoms with Crippen molar-refractivity contribution in [2.45, 2.75) is 88.7 Å². The van der Waals surface area contributed by atoms with Crippen LogP contribution < -0.4 is 9.04 Å². The van der Waals surface area contributed by atoms with Gasteiger partial charge in [-0.05, 0) is 71.6 Å². The van der Waals surface area contributed by atoms with Gasteiger partial charge >= 0.3 is 5.97 Å². The van der Waals surface area contributed by atoms with Crippen LogP contribution in [0, 0.1) is 6.92 Å². The van der Waals surface area contributed by atoms with Gasteiger partial charge in [0.2, 0.25) is 0 Å². The summed E-state index contributed by atoms with van der Waals surface area (Å²) >= 11 is 0. The number of aromatic nitrogens is 2. The zero-order valence-corrected chi connectivity index (χ0v) is 23.6. The smallest absolute Gasteiger partial charge is 0.310 e. The molecule has 1 aliphatic heterocycles. The largest absolute Gasteiger partial charge is 0.486 e. The SMILES string of the molecule is CCn1cc(S(=O)(=O)N2C[C@H](CCS(=O)(=O)C3CC3)Oc3ccc(CC(=O)OC(C)(C)C)cc32)c(C)n1. The molecule has 0 bridgehead atoms. The molecule has 1 fully saturated rings. The number of sulfone groups is 1. The molecule has 1 aromatic heterocycles. The maximum Gasteiger partial charge on any atom is 0.310 e. The van der Waals surface area contributed by atoms with E-state index in [1.807, 2.05) is 6.92 Å². The van der Waals surface area contributed by atoms with Crippen molar-refractivity contribution in [3.63, 3.8) is 0 Å². The number of hydrogen-bond acceptors (Lipinski definition) is 8. The molecule has 10 nitrogen and oxygen atoms in total. The highest BCUT2D eigenvalue weighted by molar-refractivity contribution is 7.93. The van der Waals surface area contributed by atoms with Crippen molar-refractivity contribution in [2.24, 2.45) is 0 Å². The number of anilines is 1. The summed E-state index contributed by atoms with van der Waals surface area (Å²) in [6, 6.07) is 4.94. The minimum atomic E-state index is -4.06. The first kappa shape index (κ1) is 27.4. The van der Waals surface area contributed by atoms with Crippen LogP contribution in [0.1, 0.15) is 58.2 Å². The first-order valence-corrected chi connectivity index (χ1v) is 15.6. The molecule has 0 spiro atoms. The minimum absolute atomic E-state index is 0.0334. The van der Waals surface area contributed by atoms with Crippen molar-refractivity contribution in [3.8, 4) is 5.75 Å². The third kappa shape index (κ3) is 6.28. The molecule has 0 saturated heterocycles. The van der Waals surface area contributed by atoms with E-state index in [0.29, 0.717) is 42.1 Å². The molecule has 2 aromatic rings. The fourth-order valence-corrected chi connectivity index (χ4v) is 7.76. The van der Waals surface area contributed by atoms with E-state index in [0.717, 1.165) is 0 Å². The van der Waals surface area contributed by atoms with Crippen molar-refractivity contribution in [2.75, 3.05) is 16.6 Å². The number of carbonyl (C=O) groups is 1. The first-order chi connectivity index (χ1) is 17.2. The Morgan fingerprint density at radius 3 is 2.49 bits per heavy atom. The second-order valence-corrected chi connectivity index (χ2v) is 14.9. The highest BCUT2D eigenvalue weighted by atomic mass is 32.2. The summed E-state index contributed by atoms with van der Waals surface area (Å²) in [6.07, 6.45) is 2.35. The Morgan fingerprint density at radius 1 is 1.19 bits per heavy atom. The first-order valence-electron chi connectivity index (χ1n) is 12.5. The van der Waals surface area contributed by atoms with Gasteiger partial charge in [0, 0.05) is 12.7 Å². The Hall–Kier alpha value is -2.60. The van der Waals surface area contributed by atoms with Gasteiger partial charge in [0.05, 0.1) is 35.3 Å². The van der Waals surface area contributed by atoms with Crippen LogP contribution in [0.5, 0.6) is 5.75 Å². The molecule has 1 atom stereocenters. The Labute approximate surface area is 218 Å². The molecule has 204 valence electrons. The van der Waals surface area contributed by atoms with E-state index < -0.39 is 37.5 Å². The van der Waals surface area contributed by atoms with Gasteiger partial charge in [-0.1, -0.05) is 6.07 Å². The topological polar surface area (TPSA) is 125 Å². The summed E-state index contributed by atoms with van der Waals surface area (Å²) in [5.41, 5.74) is 0.598. The fraction of sp³-hybridized carbons (Fsp3) is 0.600. The van der Waals surface area contributed by atoms with Crippen LogP contribution in [0.15, 0.2) is 29.3 Å². The molecular weight excluding hydrogens is 518 g/mol. The molecule has 4 rings (SSSR count). The number of rotatable bonds is 9. The molecule has 0 amide bonds. The molecule has 0 N–H and O–H groups in total. The van der Waals surface area contributed by atoms with E-state index in [-0.39, 0.29) is 35.3 Å². The number of benzene rings is 1. The van der Waals surface area contributed by atoms with Gasteiger partial charge in [-0.15, -0.1) is 0 Å². The van der Waals surface area contributed by atoms with Gasteiger partial charge in [0.15, 0.2) is 9.84 Å². The average Bonchev–Trinajstić information content (AvgIpc) is 3.58. The standard InChI is InChI=1S/C25H35N3O7S2/c1-6-27-16-23(17(2)26-27)37(32,33)28-15-19(11-12-36(30,31)20-8-9-20)34-22-10-7-18(13-21(22)28)14-24(29)35-25(3,4)5/h7,10,13,16,19-20H,6,8-9,11-12,14-15H2,1-5H3/t19-/m0/s1. The van der Waals surface area contributed by atoms with Gasteiger partial charge in [0.1, 0.15) is 22.4 Å². The summed E-state index contributed by atoms with van der Waals surface area (Å²) < 4.78 is 67.0. The number of sulfonamides is 1. The quantitative estimate of drug-likeness (QED) is 0.434. The monoisotopic (exact) mass is 553 g/mol. The summed E-state index contributed by atoms with van der Waals surface area (Å²) in [7, 11) is -7.28. The molecule has 1 saturated carbocycles. The number of nitrogens with zero attached hydrogens (tertiary/aromatic N) is 3. The van der Waals surface area contributed by atoms with Crippen LogP contribution >= 0.6 is 0 Å². The van der Waals surface area contributed by atoms with Crippen LogP contribution in [-0.2, 0) is 42.4 Å². The maximum atomic E-state index is 13.9. The van der Waals surface area contributed by atoms with Gasteiger partial charge in [-0.2, -0.15) is 5.10 Å². The van der Waals surface area contributed by atoms with Gasteiger partial charge in [0.25, 0.3) is 10.0 Å². The Kier molecular flexibility index (Phi) is 7.37. The van der Waals surface area contributed by atoms with E-state index >= 15 is 0 Å².